The lowest BCUT2D eigenvalue weighted by Gasteiger charge is -2.13. The van der Waals surface area contributed by atoms with Crippen molar-refractivity contribution in [1.29, 1.82) is 0 Å². The van der Waals surface area contributed by atoms with Crippen LogP contribution in [0.1, 0.15) is 48.7 Å². The van der Waals surface area contributed by atoms with Crippen LogP contribution in [0.3, 0.4) is 0 Å². The van der Waals surface area contributed by atoms with Crippen LogP contribution in [-0.4, -0.2) is 28.0 Å². The Morgan fingerprint density at radius 3 is 2.81 bits per heavy atom. The third-order valence-corrected chi connectivity index (χ3v) is 3.93. The maximum Gasteiger partial charge on any atom is 0.306 e. The van der Waals surface area contributed by atoms with Gasteiger partial charge in [0, 0.05) is 17.3 Å². The van der Waals surface area contributed by atoms with Gasteiger partial charge in [-0.25, -0.2) is 4.98 Å². The Morgan fingerprint density at radius 2 is 2.19 bits per heavy atom. The number of carbonyl (C=O) groups excluding carboxylic acids is 1. The van der Waals surface area contributed by atoms with E-state index >= 15 is 0 Å². The predicted octanol–water partition coefficient (Wildman–Crippen LogP) is 2.67. The van der Waals surface area contributed by atoms with E-state index in [-0.39, 0.29) is 17.9 Å². The standard InChI is InChI=1S/C15H19ClN2O3/c1-2-3-11-7-10(8-13(16)17-11)14(19)18-12-5-4-9(6-12)15(20)21/h7-9,12H,2-6H2,1H3,(H,18,19)(H,20,21). The van der Waals surface area contributed by atoms with Crippen molar-refractivity contribution >= 4 is 23.5 Å². The molecule has 0 bridgehead atoms. The van der Waals surface area contributed by atoms with Crippen LogP contribution >= 0.6 is 11.6 Å². The van der Waals surface area contributed by atoms with Gasteiger partial charge in [0.2, 0.25) is 0 Å². The van der Waals surface area contributed by atoms with E-state index in [0.717, 1.165) is 18.5 Å². The normalized spacial score (nSPS) is 21.2. The summed E-state index contributed by atoms with van der Waals surface area (Å²) in [6.45, 7) is 2.03. The number of amides is 1. The first-order chi connectivity index (χ1) is 9.99. The van der Waals surface area contributed by atoms with Crippen molar-refractivity contribution in [2.24, 2.45) is 5.92 Å². The Kier molecular flexibility index (Phi) is 5.17. The monoisotopic (exact) mass is 310 g/mol. The number of halogens is 1. The molecule has 1 aliphatic rings. The van der Waals surface area contributed by atoms with Gasteiger partial charge in [-0.15, -0.1) is 0 Å². The van der Waals surface area contributed by atoms with Crippen molar-refractivity contribution in [1.82, 2.24) is 10.3 Å². The highest BCUT2D eigenvalue weighted by Crippen LogP contribution is 2.26. The number of aliphatic carboxylic acids is 1. The Balaban J connectivity index is 2.02. The summed E-state index contributed by atoms with van der Waals surface area (Å²) in [5.41, 5.74) is 1.28. The molecule has 2 rings (SSSR count). The minimum Gasteiger partial charge on any atom is -0.481 e. The minimum absolute atomic E-state index is 0.0832. The fraction of sp³-hybridized carbons (Fsp3) is 0.533. The lowest BCUT2D eigenvalue weighted by molar-refractivity contribution is -0.141. The van der Waals surface area contributed by atoms with Crippen LogP contribution in [-0.2, 0) is 11.2 Å². The third kappa shape index (κ3) is 4.17. The number of carboxylic acid groups (broad SMARTS) is 1. The van der Waals surface area contributed by atoms with Gasteiger partial charge in [0.25, 0.3) is 5.91 Å². The molecule has 21 heavy (non-hydrogen) atoms. The number of pyridine rings is 1. The molecule has 1 saturated carbocycles. The summed E-state index contributed by atoms with van der Waals surface area (Å²) < 4.78 is 0. The molecule has 1 aromatic rings. The van der Waals surface area contributed by atoms with Crippen LogP contribution in [0.25, 0.3) is 0 Å². The molecule has 1 heterocycles. The van der Waals surface area contributed by atoms with E-state index in [1.54, 1.807) is 12.1 Å². The molecule has 2 atom stereocenters. The summed E-state index contributed by atoms with van der Waals surface area (Å²) in [5.74, 6) is -1.36. The number of nitrogens with one attached hydrogen (secondary N) is 1. The molecule has 0 radical (unpaired) electrons. The second-order valence-electron chi connectivity index (χ2n) is 5.44. The van der Waals surface area contributed by atoms with Crippen LogP contribution in [0.2, 0.25) is 5.15 Å². The van der Waals surface area contributed by atoms with Gasteiger partial charge in [-0.1, -0.05) is 24.9 Å². The zero-order valence-corrected chi connectivity index (χ0v) is 12.7. The summed E-state index contributed by atoms with van der Waals surface area (Å²) in [4.78, 5) is 27.3. The van der Waals surface area contributed by atoms with Crippen LogP contribution in [0.4, 0.5) is 0 Å². The van der Waals surface area contributed by atoms with Crippen molar-refractivity contribution in [3.05, 3.63) is 28.5 Å². The molecule has 1 aromatic heterocycles. The predicted molar refractivity (Wildman–Crippen MR) is 79.5 cm³/mol. The van der Waals surface area contributed by atoms with E-state index in [1.807, 2.05) is 6.92 Å². The summed E-state index contributed by atoms with van der Waals surface area (Å²) in [7, 11) is 0. The Morgan fingerprint density at radius 1 is 1.43 bits per heavy atom. The second-order valence-corrected chi connectivity index (χ2v) is 5.83. The van der Waals surface area contributed by atoms with E-state index in [9.17, 15) is 9.59 Å². The molecule has 0 aromatic carbocycles. The summed E-state index contributed by atoms with van der Waals surface area (Å²) in [5, 5.41) is 12.2. The van der Waals surface area contributed by atoms with E-state index in [4.69, 9.17) is 16.7 Å². The van der Waals surface area contributed by atoms with Crippen molar-refractivity contribution in [3.63, 3.8) is 0 Å². The van der Waals surface area contributed by atoms with Crippen LogP contribution in [0.5, 0.6) is 0 Å². The lowest BCUT2D eigenvalue weighted by Crippen LogP contribution is -2.33. The topological polar surface area (TPSA) is 79.3 Å². The van der Waals surface area contributed by atoms with Crippen molar-refractivity contribution in [3.8, 4) is 0 Å². The number of carboxylic acids is 1. The molecule has 0 spiro atoms. The Labute approximate surface area is 128 Å². The number of aromatic nitrogens is 1. The molecule has 0 aliphatic heterocycles. The number of nitrogens with zero attached hydrogens (tertiary/aromatic N) is 1. The lowest BCUT2D eigenvalue weighted by atomic mass is 10.1. The summed E-state index contributed by atoms with van der Waals surface area (Å²) in [6, 6.07) is 3.20. The highest BCUT2D eigenvalue weighted by atomic mass is 35.5. The van der Waals surface area contributed by atoms with E-state index in [2.05, 4.69) is 10.3 Å². The minimum atomic E-state index is -0.788. The molecule has 6 heteroatoms. The smallest absolute Gasteiger partial charge is 0.306 e. The molecule has 0 saturated heterocycles. The van der Waals surface area contributed by atoms with E-state index in [1.165, 1.54) is 0 Å². The average Bonchev–Trinajstić information content (AvgIpc) is 2.87. The zero-order chi connectivity index (χ0) is 15.4. The molecule has 2 unspecified atom stereocenters. The number of rotatable bonds is 5. The maximum absolute atomic E-state index is 12.2. The molecular weight excluding hydrogens is 292 g/mol. The first kappa shape index (κ1) is 15.8. The van der Waals surface area contributed by atoms with Crippen molar-refractivity contribution in [2.75, 3.05) is 0 Å². The first-order valence-electron chi connectivity index (χ1n) is 7.19. The number of hydrogen-bond donors (Lipinski definition) is 2. The Bertz CT molecular complexity index is 548. The van der Waals surface area contributed by atoms with Gasteiger partial charge in [-0.3, -0.25) is 9.59 Å². The van der Waals surface area contributed by atoms with Crippen molar-refractivity contribution < 1.29 is 14.7 Å². The highest BCUT2D eigenvalue weighted by Gasteiger charge is 2.30. The quantitative estimate of drug-likeness (QED) is 0.819. The van der Waals surface area contributed by atoms with Crippen molar-refractivity contribution in [2.45, 2.75) is 45.1 Å². The molecular formula is C15H19ClN2O3. The first-order valence-corrected chi connectivity index (χ1v) is 7.57. The molecule has 1 fully saturated rings. The molecule has 5 nitrogen and oxygen atoms in total. The van der Waals surface area contributed by atoms with Crippen LogP contribution < -0.4 is 5.32 Å². The van der Waals surface area contributed by atoms with Crippen LogP contribution in [0, 0.1) is 5.92 Å². The third-order valence-electron chi connectivity index (χ3n) is 3.73. The molecule has 114 valence electrons. The zero-order valence-electron chi connectivity index (χ0n) is 11.9. The number of carbonyl (C=O) groups is 2. The van der Waals surface area contributed by atoms with Gasteiger partial charge in [0.1, 0.15) is 5.15 Å². The van der Waals surface area contributed by atoms with Gasteiger partial charge >= 0.3 is 5.97 Å². The van der Waals surface area contributed by atoms with E-state index < -0.39 is 5.97 Å². The van der Waals surface area contributed by atoms with Gasteiger partial charge in [0.15, 0.2) is 0 Å². The van der Waals surface area contributed by atoms with Gasteiger partial charge in [0.05, 0.1) is 5.92 Å². The van der Waals surface area contributed by atoms with Gasteiger partial charge in [-0.2, -0.15) is 0 Å². The van der Waals surface area contributed by atoms with Gasteiger partial charge < -0.3 is 10.4 Å². The fourth-order valence-electron chi connectivity index (χ4n) is 2.67. The maximum atomic E-state index is 12.2. The fourth-order valence-corrected chi connectivity index (χ4v) is 2.90. The molecule has 1 aliphatic carbocycles. The van der Waals surface area contributed by atoms with Crippen LogP contribution in [0.15, 0.2) is 12.1 Å². The Hall–Kier alpha value is -1.62. The summed E-state index contributed by atoms with van der Waals surface area (Å²) in [6.07, 6.45) is 3.49. The highest BCUT2D eigenvalue weighted by molar-refractivity contribution is 6.29. The SMILES string of the molecule is CCCc1cc(C(=O)NC2CCC(C(=O)O)C2)cc(Cl)n1. The largest absolute Gasteiger partial charge is 0.481 e. The number of aryl methyl sites for hydroxylation is 1. The molecule has 2 N–H and O–H groups in total. The second kappa shape index (κ2) is 6.89. The average molecular weight is 311 g/mol. The van der Waals surface area contributed by atoms with E-state index in [0.29, 0.717) is 30.0 Å². The van der Waals surface area contributed by atoms with Gasteiger partial charge in [-0.05, 0) is 37.8 Å². The number of hydrogen-bond acceptors (Lipinski definition) is 3. The molecule has 1 amide bonds. The summed E-state index contributed by atoms with van der Waals surface area (Å²) >= 11 is 5.94.